The molecule has 2 aliphatic rings. The Labute approximate surface area is 146 Å². The van der Waals surface area contributed by atoms with Crippen LogP contribution in [0.2, 0.25) is 0 Å². The molecular formula is C17H23N5O3. The highest BCUT2D eigenvalue weighted by Gasteiger charge is 2.32. The van der Waals surface area contributed by atoms with E-state index in [1.54, 1.807) is 6.92 Å². The minimum absolute atomic E-state index is 0.0434. The SMILES string of the molecule is CC(=O)N(Cc1noc(C2CC2)n1)[C@H]1CCN(Cc2cc(C)on2)C1. The summed E-state index contributed by atoms with van der Waals surface area (Å²) in [7, 11) is 0. The van der Waals surface area contributed by atoms with Crippen molar-refractivity contribution < 1.29 is 13.8 Å². The number of hydrogen-bond acceptors (Lipinski definition) is 7. The first-order valence-electron chi connectivity index (χ1n) is 8.82. The molecule has 2 fully saturated rings. The van der Waals surface area contributed by atoms with Gasteiger partial charge in [-0.1, -0.05) is 10.3 Å². The molecule has 2 aromatic rings. The van der Waals surface area contributed by atoms with E-state index in [4.69, 9.17) is 9.05 Å². The lowest BCUT2D eigenvalue weighted by atomic mass is 10.2. The fourth-order valence-corrected chi connectivity index (χ4v) is 3.41. The Balaban J connectivity index is 1.37. The fourth-order valence-electron chi connectivity index (χ4n) is 3.41. The second-order valence-electron chi connectivity index (χ2n) is 7.08. The minimum Gasteiger partial charge on any atom is -0.361 e. The van der Waals surface area contributed by atoms with Gasteiger partial charge < -0.3 is 13.9 Å². The van der Waals surface area contributed by atoms with Crippen LogP contribution in [0.25, 0.3) is 0 Å². The number of likely N-dealkylation sites (tertiary alicyclic amines) is 1. The van der Waals surface area contributed by atoms with Crippen LogP contribution >= 0.6 is 0 Å². The summed E-state index contributed by atoms with van der Waals surface area (Å²) in [6.45, 7) is 6.40. The molecule has 1 atom stereocenters. The van der Waals surface area contributed by atoms with Crippen molar-refractivity contribution in [3.8, 4) is 0 Å². The molecule has 0 radical (unpaired) electrons. The molecule has 3 heterocycles. The highest BCUT2D eigenvalue weighted by atomic mass is 16.5. The van der Waals surface area contributed by atoms with Gasteiger partial charge in [0.25, 0.3) is 0 Å². The molecule has 1 saturated carbocycles. The van der Waals surface area contributed by atoms with Crippen molar-refractivity contribution in [2.24, 2.45) is 0 Å². The smallest absolute Gasteiger partial charge is 0.229 e. The van der Waals surface area contributed by atoms with E-state index in [1.807, 2.05) is 17.9 Å². The molecule has 0 spiro atoms. The first-order valence-corrected chi connectivity index (χ1v) is 8.82. The molecule has 1 aliphatic carbocycles. The number of carbonyl (C=O) groups is 1. The van der Waals surface area contributed by atoms with E-state index in [9.17, 15) is 4.79 Å². The van der Waals surface area contributed by atoms with E-state index in [0.29, 0.717) is 24.2 Å². The number of aromatic nitrogens is 3. The monoisotopic (exact) mass is 345 g/mol. The van der Waals surface area contributed by atoms with E-state index >= 15 is 0 Å². The van der Waals surface area contributed by atoms with Crippen molar-refractivity contribution in [2.75, 3.05) is 13.1 Å². The lowest BCUT2D eigenvalue weighted by Gasteiger charge is -2.26. The Morgan fingerprint density at radius 1 is 1.32 bits per heavy atom. The predicted octanol–water partition coefficient (Wildman–Crippen LogP) is 1.87. The number of aryl methyl sites for hydroxylation is 1. The van der Waals surface area contributed by atoms with Crippen LogP contribution in [-0.2, 0) is 17.9 Å². The Hall–Kier alpha value is -2.22. The molecule has 25 heavy (non-hydrogen) atoms. The van der Waals surface area contributed by atoms with Crippen molar-refractivity contribution in [3.05, 3.63) is 29.2 Å². The molecular weight excluding hydrogens is 322 g/mol. The zero-order valence-electron chi connectivity index (χ0n) is 14.6. The summed E-state index contributed by atoms with van der Waals surface area (Å²) >= 11 is 0. The van der Waals surface area contributed by atoms with Crippen LogP contribution in [0.15, 0.2) is 15.1 Å². The highest BCUT2D eigenvalue weighted by molar-refractivity contribution is 5.73. The van der Waals surface area contributed by atoms with E-state index < -0.39 is 0 Å². The molecule has 0 unspecified atom stereocenters. The second-order valence-corrected chi connectivity index (χ2v) is 7.08. The average molecular weight is 345 g/mol. The molecule has 1 saturated heterocycles. The van der Waals surface area contributed by atoms with Crippen LogP contribution in [0.1, 0.15) is 55.3 Å². The van der Waals surface area contributed by atoms with Gasteiger partial charge in [-0.3, -0.25) is 9.69 Å². The van der Waals surface area contributed by atoms with E-state index in [0.717, 1.165) is 50.4 Å². The summed E-state index contributed by atoms with van der Waals surface area (Å²) in [4.78, 5) is 20.8. The standard InChI is InChI=1S/C17H23N5O3/c1-11-7-14(19-24-11)8-21-6-5-15(9-21)22(12(2)23)10-16-18-17(25-20-16)13-3-4-13/h7,13,15H,3-6,8-10H2,1-2H3/t15-/m0/s1. The van der Waals surface area contributed by atoms with Gasteiger partial charge in [0.1, 0.15) is 5.76 Å². The molecule has 134 valence electrons. The van der Waals surface area contributed by atoms with Crippen molar-refractivity contribution in [3.63, 3.8) is 0 Å². The molecule has 1 aliphatic heterocycles. The minimum atomic E-state index is 0.0434. The molecule has 8 nitrogen and oxygen atoms in total. The number of rotatable bonds is 6. The topological polar surface area (TPSA) is 88.5 Å². The Morgan fingerprint density at radius 2 is 2.16 bits per heavy atom. The third kappa shape index (κ3) is 3.73. The largest absolute Gasteiger partial charge is 0.361 e. The van der Waals surface area contributed by atoms with Crippen LogP contribution < -0.4 is 0 Å². The van der Waals surface area contributed by atoms with Gasteiger partial charge in [0.2, 0.25) is 11.8 Å². The number of carbonyl (C=O) groups excluding carboxylic acids is 1. The molecule has 2 aromatic heterocycles. The van der Waals surface area contributed by atoms with Gasteiger partial charge >= 0.3 is 0 Å². The zero-order chi connectivity index (χ0) is 17.4. The van der Waals surface area contributed by atoms with Crippen molar-refractivity contribution in [2.45, 2.75) is 58.2 Å². The molecule has 8 heteroatoms. The van der Waals surface area contributed by atoms with Gasteiger partial charge in [0.15, 0.2) is 5.82 Å². The van der Waals surface area contributed by atoms with Gasteiger partial charge in [-0.05, 0) is 26.2 Å². The fraction of sp³-hybridized carbons (Fsp3) is 0.647. The maximum Gasteiger partial charge on any atom is 0.229 e. The van der Waals surface area contributed by atoms with Crippen LogP contribution in [0.4, 0.5) is 0 Å². The third-order valence-corrected chi connectivity index (χ3v) is 4.88. The van der Waals surface area contributed by atoms with Crippen molar-refractivity contribution in [1.29, 1.82) is 0 Å². The van der Waals surface area contributed by atoms with E-state index in [-0.39, 0.29) is 11.9 Å². The van der Waals surface area contributed by atoms with Crippen LogP contribution in [0.5, 0.6) is 0 Å². The van der Waals surface area contributed by atoms with E-state index in [1.165, 1.54) is 0 Å². The first kappa shape index (κ1) is 16.3. The lowest BCUT2D eigenvalue weighted by Crippen LogP contribution is -2.40. The maximum absolute atomic E-state index is 12.2. The Bertz CT molecular complexity index is 751. The van der Waals surface area contributed by atoms with Gasteiger partial charge in [0, 0.05) is 44.6 Å². The summed E-state index contributed by atoms with van der Waals surface area (Å²) < 4.78 is 10.4. The summed E-state index contributed by atoms with van der Waals surface area (Å²) in [6, 6.07) is 2.11. The maximum atomic E-state index is 12.2. The van der Waals surface area contributed by atoms with Crippen LogP contribution in [0.3, 0.4) is 0 Å². The first-order chi connectivity index (χ1) is 12.1. The second kappa shape index (κ2) is 6.59. The Morgan fingerprint density at radius 3 is 2.84 bits per heavy atom. The van der Waals surface area contributed by atoms with Crippen molar-refractivity contribution >= 4 is 5.91 Å². The quantitative estimate of drug-likeness (QED) is 0.789. The molecule has 4 rings (SSSR count). The van der Waals surface area contributed by atoms with Crippen LogP contribution in [0, 0.1) is 6.92 Å². The third-order valence-electron chi connectivity index (χ3n) is 4.88. The normalized spacial score (nSPS) is 21.0. The summed E-state index contributed by atoms with van der Waals surface area (Å²) in [5.74, 6) is 2.61. The number of amides is 1. The number of hydrogen-bond donors (Lipinski definition) is 0. The molecule has 0 aromatic carbocycles. The zero-order valence-corrected chi connectivity index (χ0v) is 14.6. The number of nitrogens with zero attached hydrogens (tertiary/aromatic N) is 5. The van der Waals surface area contributed by atoms with Gasteiger partial charge in [-0.2, -0.15) is 4.98 Å². The van der Waals surface area contributed by atoms with Gasteiger partial charge in [-0.15, -0.1) is 0 Å². The van der Waals surface area contributed by atoms with Crippen LogP contribution in [-0.4, -0.2) is 50.1 Å². The molecule has 0 N–H and O–H groups in total. The van der Waals surface area contributed by atoms with Crippen molar-refractivity contribution in [1.82, 2.24) is 25.1 Å². The highest BCUT2D eigenvalue weighted by Crippen LogP contribution is 2.38. The van der Waals surface area contributed by atoms with E-state index in [2.05, 4.69) is 20.2 Å². The Kier molecular flexibility index (Phi) is 4.29. The summed E-state index contributed by atoms with van der Waals surface area (Å²) in [5, 5.41) is 8.09. The molecule has 0 bridgehead atoms. The predicted molar refractivity (Wildman–Crippen MR) is 87.4 cm³/mol. The average Bonchev–Trinajstić information content (AvgIpc) is 2.95. The van der Waals surface area contributed by atoms with Gasteiger partial charge in [0.05, 0.1) is 12.2 Å². The molecule has 1 amide bonds. The summed E-state index contributed by atoms with van der Waals surface area (Å²) in [5.41, 5.74) is 0.930. The lowest BCUT2D eigenvalue weighted by molar-refractivity contribution is -0.131. The summed E-state index contributed by atoms with van der Waals surface area (Å²) in [6.07, 6.45) is 3.18. The van der Waals surface area contributed by atoms with Gasteiger partial charge in [-0.25, -0.2) is 0 Å².